The number of benzene rings is 1. The minimum atomic E-state index is -0.0768. The number of aliphatic hydroxyl groups is 1. The molecule has 1 aliphatic heterocycles. The number of likely N-dealkylation sites (tertiary alicyclic amines) is 1. The van der Waals surface area contributed by atoms with Crippen LogP contribution in [0.25, 0.3) is 0 Å². The lowest BCUT2D eigenvalue weighted by molar-refractivity contribution is 0.152. The molecule has 0 aliphatic carbocycles. The number of nitrogens with zero attached hydrogens (tertiary/aromatic N) is 1. The van der Waals surface area contributed by atoms with E-state index < -0.39 is 0 Å². The Bertz CT molecular complexity index is 458. The summed E-state index contributed by atoms with van der Waals surface area (Å²) in [7, 11) is 0. The molecule has 0 bridgehead atoms. The third-order valence-corrected chi connectivity index (χ3v) is 4.25. The van der Waals surface area contributed by atoms with Gasteiger partial charge in [0.1, 0.15) is 6.61 Å². The first-order chi connectivity index (χ1) is 9.69. The first-order valence-electron chi connectivity index (χ1n) is 7.60. The molecule has 1 aromatic rings. The van der Waals surface area contributed by atoms with Crippen molar-refractivity contribution in [1.82, 2.24) is 4.90 Å². The molecule has 1 aromatic carbocycles. The van der Waals surface area contributed by atoms with Crippen LogP contribution in [0.5, 0.6) is 0 Å². The van der Waals surface area contributed by atoms with Gasteiger partial charge in [-0.15, -0.1) is 0 Å². The molecule has 0 atom stereocenters. The number of piperidine rings is 1. The predicted molar refractivity (Wildman–Crippen MR) is 83.2 cm³/mol. The van der Waals surface area contributed by atoms with E-state index in [4.69, 9.17) is 5.11 Å². The molecule has 0 amide bonds. The van der Waals surface area contributed by atoms with Crippen molar-refractivity contribution in [3.8, 4) is 11.8 Å². The Kier molecular flexibility index (Phi) is 5.64. The summed E-state index contributed by atoms with van der Waals surface area (Å²) in [5.41, 5.74) is 2.32. The third-order valence-electron chi connectivity index (χ3n) is 4.25. The Labute approximate surface area is 122 Å². The van der Waals surface area contributed by atoms with Gasteiger partial charge in [0, 0.05) is 12.1 Å². The highest BCUT2D eigenvalue weighted by Gasteiger charge is 2.21. The molecule has 1 saturated heterocycles. The fraction of sp³-hybridized carbons (Fsp3) is 0.556. The first-order valence-corrected chi connectivity index (χ1v) is 7.60. The standard InChI is InChI=1S/C18H25NO/c1-15(2)18-9-11-19(12-10-18)14-17-7-5-16(6-8-17)4-3-13-20/h5-8,15,18,20H,9-14H2,1-2H3. The van der Waals surface area contributed by atoms with Gasteiger partial charge in [0.05, 0.1) is 0 Å². The lowest BCUT2D eigenvalue weighted by Gasteiger charge is -2.33. The molecule has 0 radical (unpaired) electrons. The number of rotatable bonds is 3. The van der Waals surface area contributed by atoms with Crippen molar-refractivity contribution in [2.24, 2.45) is 11.8 Å². The minimum absolute atomic E-state index is 0.0768. The van der Waals surface area contributed by atoms with Crippen LogP contribution in [0.4, 0.5) is 0 Å². The van der Waals surface area contributed by atoms with E-state index in [1.807, 2.05) is 12.1 Å². The maximum absolute atomic E-state index is 8.68. The van der Waals surface area contributed by atoms with Crippen LogP contribution >= 0.6 is 0 Å². The van der Waals surface area contributed by atoms with E-state index in [0.29, 0.717) is 0 Å². The zero-order valence-corrected chi connectivity index (χ0v) is 12.6. The van der Waals surface area contributed by atoms with E-state index in [1.165, 1.54) is 31.5 Å². The fourth-order valence-corrected chi connectivity index (χ4v) is 2.87. The summed E-state index contributed by atoms with van der Waals surface area (Å²) < 4.78 is 0. The van der Waals surface area contributed by atoms with E-state index >= 15 is 0 Å². The maximum atomic E-state index is 8.68. The zero-order valence-electron chi connectivity index (χ0n) is 12.6. The Morgan fingerprint density at radius 1 is 1.20 bits per heavy atom. The van der Waals surface area contributed by atoms with Crippen LogP contribution in [0.2, 0.25) is 0 Å². The molecule has 1 aliphatic rings. The molecule has 0 unspecified atom stereocenters. The second-order valence-corrected chi connectivity index (χ2v) is 6.01. The van der Waals surface area contributed by atoms with Gasteiger partial charge in [-0.2, -0.15) is 0 Å². The summed E-state index contributed by atoms with van der Waals surface area (Å²) in [6, 6.07) is 8.38. The summed E-state index contributed by atoms with van der Waals surface area (Å²) in [4.78, 5) is 2.55. The molecule has 2 heteroatoms. The summed E-state index contributed by atoms with van der Waals surface area (Å²) >= 11 is 0. The van der Waals surface area contributed by atoms with Gasteiger partial charge in [0.15, 0.2) is 0 Å². The van der Waals surface area contributed by atoms with Gasteiger partial charge < -0.3 is 5.11 Å². The van der Waals surface area contributed by atoms with Crippen LogP contribution in [0.15, 0.2) is 24.3 Å². The van der Waals surface area contributed by atoms with Crippen molar-refractivity contribution in [3.63, 3.8) is 0 Å². The maximum Gasteiger partial charge on any atom is 0.104 e. The smallest absolute Gasteiger partial charge is 0.104 e. The van der Waals surface area contributed by atoms with Crippen LogP contribution < -0.4 is 0 Å². The van der Waals surface area contributed by atoms with Crippen LogP contribution in [0, 0.1) is 23.7 Å². The van der Waals surface area contributed by atoms with Crippen LogP contribution in [-0.2, 0) is 6.54 Å². The number of hydrogen-bond donors (Lipinski definition) is 1. The minimum Gasteiger partial charge on any atom is -0.384 e. The summed E-state index contributed by atoms with van der Waals surface area (Å²) in [5.74, 6) is 7.33. The summed E-state index contributed by atoms with van der Waals surface area (Å²) in [6.07, 6.45) is 2.66. The molecule has 20 heavy (non-hydrogen) atoms. The van der Waals surface area contributed by atoms with Gasteiger partial charge in [-0.25, -0.2) is 0 Å². The quantitative estimate of drug-likeness (QED) is 0.855. The van der Waals surface area contributed by atoms with Crippen LogP contribution in [0.1, 0.15) is 37.8 Å². The van der Waals surface area contributed by atoms with Crippen LogP contribution in [-0.4, -0.2) is 29.7 Å². The van der Waals surface area contributed by atoms with Crippen molar-refractivity contribution < 1.29 is 5.11 Å². The molecule has 1 fully saturated rings. The zero-order chi connectivity index (χ0) is 14.4. The molecule has 108 valence electrons. The van der Waals surface area contributed by atoms with Gasteiger partial charge in [-0.05, 0) is 55.5 Å². The van der Waals surface area contributed by atoms with E-state index in [1.54, 1.807) is 0 Å². The van der Waals surface area contributed by atoms with E-state index in [0.717, 1.165) is 23.9 Å². The summed E-state index contributed by atoms with van der Waals surface area (Å²) in [6.45, 7) is 8.08. The highest BCUT2D eigenvalue weighted by Crippen LogP contribution is 2.25. The van der Waals surface area contributed by atoms with Crippen molar-refractivity contribution >= 4 is 0 Å². The van der Waals surface area contributed by atoms with E-state index in [9.17, 15) is 0 Å². The van der Waals surface area contributed by atoms with Gasteiger partial charge >= 0.3 is 0 Å². The second-order valence-electron chi connectivity index (χ2n) is 6.01. The molecule has 0 spiro atoms. The Hall–Kier alpha value is -1.30. The molecule has 0 aromatic heterocycles. The topological polar surface area (TPSA) is 23.5 Å². The van der Waals surface area contributed by atoms with Crippen molar-refractivity contribution in [3.05, 3.63) is 35.4 Å². The summed E-state index contributed by atoms with van der Waals surface area (Å²) in [5, 5.41) is 8.68. The highest BCUT2D eigenvalue weighted by molar-refractivity contribution is 5.36. The largest absolute Gasteiger partial charge is 0.384 e. The van der Waals surface area contributed by atoms with E-state index in [-0.39, 0.29) is 6.61 Å². The molecular formula is C18H25NO. The Balaban J connectivity index is 1.85. The molecular weight excluding hydrogens is 246 g/mol. The van der Waals surface area contributed by atoms with Crippen LogP contribution in [0.3, 0.4) is 0 Å². The molecule has 0 saturated carbocycles. The van der Waals surface area contributed by atoms with Gasteiger partial charge in [-0.3, -0.25) is 4.90 Å². The SMILES string of the molecule is CC(C)C1CCN(Cc2ccc(C#CCO)cc2)CC1. The average molecular weight is 271 g/mol. The monoisotopic (exact) mass is 271 g/mol. The van der Waals surface area contributed by atoms with Gasteiger partial charge in [0.25, 0.3) is 0 Å². The van der Waals surface area contributed by atoms with Crippen molar-refractivity contribution in [2.75, 3.05) is 19.7 Å². The molecule has 2 rings (SSSR count). The highest BCUT2D eigenvalue weighted by atomic mass is 16.2. The molecule has 2 nitrogen and oxygen atoms in total. The number of hydrogen-bond acceptors (Lipinski definition) is 2. The van der Waals surface area contributed by atoms with Gasteiger partial charge in [0.2, 0.25) is 0 Å². The first kappa shape index (κ1) is 15.1. The Morgan fingerprint density at radius 2 is 1.85 bits per heavy atom. The average Bonchev–Trinajstić information content (AvgIpc) is 2.47. The molecule has 1 N–H and O–H groups in total. The number of aliphatic hydroxyl groups excluding tert-OH is 1. The van der Waals surface area contributed by atoms with Gasteiger partial charge in [-0.1, -0.05) is 37.8 Å². The second kappa shape index (κ2) is 7.47. The van der Waals surface area contributed by atoms with Crippen molar-refractivity contribution in [2.45, 2.75) is 33.2 Å². The third kappa shape index (κ3) is 4.37. The van der Waals surface area contributed by atoms with Crippen molar-refractivity contribution in [1.29, 1.82) is 0 Å². The lowest BCUT2D eigenvalue weighted by Crippen LogP contribution is -2.34. The normalized spacial score (nSPS) is 17.0. The fourth-order valence-electron chi connectivity index (χ4n) is 2.87. The molecule has 1 heterocycles. The van der Waals surface area contributed by atoms with E-state index in [2.05, 4.69) is 42.7 Å². The lowest BCUT2D eigenvalue weighted by atomic mass is 9.86. The predicted octanol–water partition coefficient (Wildman–Crippen LogP) is 2.90. The Morgan fingerprint density at radius 3 is 2.40 bits per heavy atom.